The fourth-order valence-corrected chi connectivity index (χ4v) is 1.76. The fraction of sp³-hybridized carbons (Fsp3) is 0. The highest BCUT2D eigenvalue weighted by Crippen LogP contribution is 2.20. The normalized spacial score (nSPS) is 10.1. The quantitative estimate of drug-likeness (QED) is 0.657. The number of pyridine rings is 1. The first kappa shape index (κ1) is 12.9. The summed E-state index contributed by atoms with van der Waals surface area (Å²) in [6.07, 6.45) is 0. The van der Waals surface area contributed by atoms with Gasteiger partial charge in [0, 0.05) is 15.7 Å². The molecular weight excluding hydrogens is 318 g/mol. The van der Waals surface area contributed by atoms with Crippen LogP contribution in [-0.2, 0) is 0 Å². The number of nitrogen functional groups attached to an aromatic ring is 1. The molecule has 1 aromatic carbocycles. The standard InChI is InChI=1S/C12H9BrClN3O/c13-8-5-4-7(6-9(8)15)12(18)17-11-3-1-2-10(14)16-11/h1-6H,15H2,(H,16,17,18). The maximum Gasteiger partial charge on any atom is 0.256 e. The van der Waals surface area contributed by atoms with E-state index in [-0.39, 0.29) is 5.91 Å². The van der Waals surface area contributed by atoms with Crippen LogP contribution in [0.25, 0.3) is 0 Å². The number of halogens is 2. The van der Waals surface area contributed by atoms with Gasteiger partial charge in [0.05, 0.1) is 0 Å². The van der Waals surface area contributed by atoms with Crippen LogP contribution < -0.4 is 11.1 Å². The predicted molar refractivity (Wildman–Crippen MR) is 75.8 cm³/mol. The molecule has 0 saturated heterocycles. The van der Waals surface area contributed by atoms with Crippen molar-refractivity contribution in [3.63, 3.8) is 0 Å². The van der Waals surface area contributed by atoms with Crippen molar-refractivity contribution in [3.8, 4) is 0 Å². The third-order valence-electron chi connectivity index (χ3n) is 2.21. The first-order valence-corrected chi connectivity index (χ1v) is 6.22. The number of rotatable bonds is 2. The van der Waals surface area contributed by atoms with Gasteiger partial charge in [0.2, 0.25) is 0 Å². The van der Waals surface area contributed by atoms with Crippen LogP contribution in [0.2, 0.25) is 5.15 Å². The average Bonchev–Trinajstić information content (AvgIpc) is 2.32. The lowest BCUT2D eigenvalue weighted by Gasteiger charge is -2.06. The van der Waals surface area contributed by atoms with Crippen LogP contribution in [0.4, 0.5) is 11.5 Å². The van der Waals surface area contributed by atoms with Gasteiger partial charge >= 0.3 is 0 Å². The molecule has 1 aromatic heterocycles. The number of carbonyl (C=O) groups is 1. The number of nitrogens with zero attached hydrogens (tertiary/aromatic N) is 1. The molecule has 1 amide bonds. The minimum atomic E-state index is -0.288. The number of carbonyl (C=O) groups excluding carboxylic acids is 1. The highest BCUT2D eigenvalue weighted by atomic mass is 79.9. The first-order valence-electron chi connectivity index (χ1n) is 5.05. The molecule has 0 saturated carbocycles. The fourth-order valence-electron chi connectivity index (χ4n) is 1.35. The summed E-state index contributed by atoms with van der Waals surface area (Å²) in [6, 6.07) is 9.97. The molecule has 0 aliphatic carbocycles. The Bertz CT molecular complexity index is 604. The van der Waals surface area contributed by atoms with E-state index in [0.29, 0.717) is 22.2 Å². The molecule has 0 aliphatic rings. The summed E-state index contributed by atoms with van der Waals surface area (Å²) < 4.78 is 0.750. The first-order chi connectivity index (χ1) is 8.56. The molecule has 1 heterocycles. The van der Waals surface area contributed by atoms with Gasteiger partial charge in [0.25, 0.3) is 5.91 Å². The van der Waals surface area contributed by atoms with Gasteiger partial charge in [0.15, 0.2) is 0 Å². The number of anilines is 2. The van der Waals surface area contributed by atoms with Crippen molar-refractivity contribution in [2.24, 2.45) is 0 Å². The largest absolute Gasteiger partial charge is 0.398 e. The van der Waals surface area contributed by atoms with E-state index in [0.717, 1.165) is 4.47 Å². The Hall–Kier alpha value is -1.59. The lowest BCUT2D eigenvalue weighted by atomic mass is 10.2. The summed E-state index contributed by atoms with van der Waals surface area (Å²) in [6.45, 7) is 0. The van der Waals surface area contributed by atoms with Crippen LogP contribution in [0.1, 0.15) is 10.4 Å². The van der Waals surface area contributed by atoms with E-state index in [1.54, 1.807) is 36.4 Å². The second-order valence-corrected chi connectivity index (χ2v) is 4.78. The number of amides is 1. The minimum Gasteiger partial charge on any atom is -0.398 e. The van der Waals surface area contributed by atoms with Gasteiger partial charge in [0.1, 0.15) is 11.0 Å². The van der Waals surface area contributed by atoms with Gasteiger partial charge in [-0.15, -0.1) is 0 Å². The van der Waals surface area contributed by atoms with E-state index in [4.69, 9.17) is 17.3 Å². The number of hydrogen-bond acceptors (Lipinski definition) is 3. The van der Waals surface area contributed by atoms with Crippen LogP contribution in [0.15, 0.2) is 40.9 Å². The lowest BCUT2D eigenvalue weighted by Crippen LogP contribution is -2.13. The van der Waals surface area contributed by atoms with Crippen LogP contribution in [-0.4, -0.2) is 10.9 Å². The van der Waals surface area contributed by atoms with Gasteiger partial charge in [-0.3, -0.25) is 4.79 Å². The zero-order chi connectivity index (χ0) is 13.1. The Morgan fingerprint density at radius 1 is 1.33 bits per heavy atom. The summed E-state index contributed by atoms with van der Waals surface area (Å²) in [5, 5.41) is 2.96. The molecule has 0 spiro atoms. The van der Waals surface area contributed by atoms with Gasteiger partial charge < -0.3 is 11.1 Å². The molecule has 0 atom stereocenters. The van der Waals surface area contributed by atoms with E-state index in [2.05, 4.69) is 26.2 Å². The van der Waals surface area contributed by atoms with Gasteiger partial charge in [-0.1, -0.05) is 17.7 Å². The second-order valence-electron chi connectivity index (χ2n) is 3.54. The molecule has 2 aromatic rings. The predicted octanol–water partition coefficient (Wildman–Crippen LogP) is 3.33. The Morgan fingerprint density at radius 2 is 2.11 bits per heavy atom. The Morgan fingerprint density at radius 3 is 2.78 bits per heavy atom. The van der Waals surface area contributed by atoms with E-state index in [1.807, 2.05) is 0 Å². The maximum atomic E-state index is 11.9. The summed E-state index contributed by atoms with van der Waals surface area (Å²) in [5.41, 5.74) is 6.67. The molecule has 18 heavy (non-hydrogen) atoms. The summed E-state index contributed by atoms with van der Waals surface area (Å²) in [7, 11) is 0. The van der Waals surface area contributed by atoms with Gasteiger partial charge in [-0.05, 0) is 46.3 Å². The Balaban J connectivity index is 2.19. The van der Waals surface area contributed by atoms with E-state index < -0.39 is 0 Å². The molecule has 0 unspecified atom stereocenters. The van der Waals surface area contributed by atoms with Crippen molar-refractivity contribution in [1.82, 2.24) is 4.98 Å². The molecule has 0 fully saturated rings. The summed E-state index contributed by atoms with van der Waals surface area (Å²) in [4.78, 5) is 15.9. The molecule has 2 rings (SSSR count). The highest BCUT2D eigenvalue weighted by molar-refractivity contribution is 9.10. The molecular formula is C12H9BrClN3O. The number of benzene rings is 1. The second kappa shape index (κ2) is 5.37. The molecule has 6 heteroatoms. The van der Waals surface area contributed by atoms with Crippen molar-refractivity contribution >= 4 is 44.9 Å². The summed E-state index contributed by atoms with van der Waals surface area (Å²) >= 11 is 9.00. The SMILES string of the molecule is Nc1cc(C(=O)Nc2cccc(Cl)n2)ccc1Br. The van der Waals surface area contributed by atoms with Crippen molar-refractivity contribution in [3.05, 3.63) is 51.6 Å². The van der Waals surface area contributed by atoms with Gasteiger partial charge in [-0.25, -0.2) is 4.98 Å². The number of aromatic nitrogens is 1. The van der Waals surface area contributed by atoms with Crippen molar-refractivity contribution in [1.29, 1.82) is 0 Å². The van der Waals surface area contributed by atoms with Crippen LogP contribution in [0, 0.1) is 0 Å². The highest BCUT2D eigenvalue weighted by Gasteiger charge is 2.08. The van der Waals surface area contributed by atoms with Crippen LogP contribution in [0.5, 0.6) is 0 Å². The molecule has 4 nitrogen and oxygen atoms in total. The van der Waals surface area contributed by atoms with Crippen molar-refractivity contribution < 1.29 is 4.79 Å². The van der Waals surface area contributed by atoms with E-state index in [9.17, 15) is 4.79 Å². The Labute approximate surface area is 117 Å². The lowest BCUT2D eigenvalue weighted by molar-refractivity contribution is 0.102. The Kier molecular flexibility index (Phi) is 3.84. The molecule has 92 valence electrons. The topological polar surface area (TPSA) is 68.0 Å². The van der Waals surface area contributed by atoms with Crippen molar-refractivity contribution in [2.75, 3.05) is 11.1 Å². The zero-order valence-corrected chi connectivity index (χ0v) is 11.5. The van der Waals surface area contributed by atoms with E-state index >= 15 is 0 Å². The van der Waals surface area contributed by atoms with Crippen LogP contribution in [0.3, 0.4) is 0 Å². The third-order valence-corrected chi connectivity index (χ3v) is 3.15. The van der Waals surface area contributed by atoms with E-state index in [1.165, 1.54) is 0 Å². The minimum absolute atomic E-state index is 0.288. The average molecular weight is 327 g/mol. The van der Waals surface area contributed by atoms with Crippen molar-refractivity contribution in [2.45, 2.75) is 0 Å². The summed E-state index contributed by atoms with van der Waals surface area (Å²) in [5.74, 6) is 0.109. The molecule has 0 aliphatic heterocycles. The molecule has 0 radical (unpaired) electrons. The smallest absolute Gasteiger partial charge is 0.256 e. The zero-order valence-electron chi connectivity index (χ0n) is 9.15. The monoisotopic (exact) mass is 325 g/mol. The van der Waals surface area contributed by atoms with Crippen LogP contribution >= 0.6 is 27.5 Å². The maximum absolute atomic E-state index is 11.9. The number of nitrogens with one attached hydrogen (secondary N) is 1. The molecule has 0 bridgehead atoms. The molecule has 3 N–H and O–H groups in total. The van der Waals surface area contributed by atoms with Gasteiger partial charge in [-0.2, -0.15) is 0 Å². The number of hydrogen-bond donors (Lipinski definition) is 2. The third kappa shape index (κ3) is 3.00. The number of nitrogens with two attached hydrogens (primary N) is 1.